The number of hydrogen-bond acceptors (Lipinski definition) is 3. The molecule has 2 aromatic rings. The maximum absolute atomic E-state index is 11.4. The molecule has 19 heavy (non-hydrogen) atoms. The lowest BCUT2D eigenvalue weighted by molar-refractivity contribution is 0.101. The molecule has 0 aliphatic heterocycles. The van der Waals surface area contributed by atoms with E-state index in [1.165, 1.54) is 0 Å². The normalized spacial score (nSPS) is 10.3. The van der Waals surface area contributed by atoms with Crippen molar-refractivity contribution in [3.8, 4) is 0 Å². The highest BCUT2D eigenvalue weighted by atomic mass is 16.1. The van der Waals surface area contributed by atoms with E-state index in [0.717, 1.165) is 22.5 Å². The number of nitrogens with one attached hydrogen (secondary N) is 1. The third-order valence-electron chi connectivity index (χ3n) is 3.18. The average molecular weight is 254 g/mol. The third kappa shape index (κ3) is 2.76. The predicted molar refractivity (Wildman–Crippen MR) is 80.1 cm³/mol. The summed E-state index contributed by atoms with van der Waals surface area (Å²) in [6.45, 7) is 5.53. The van der Waals surface area contributed by atoms with E-state index in [-0.39, 0.29) is 5.78 Å². The largest absolute Gasteiger partial charge is 0.397 e. The number of carbonyl (C=O) groups excluding carboxylic acids is 1. The molecule has 3 nitrogen and oxygen atoms in total. The maximum Gasteiger partial charge on any atom is 0.159 e. The van der Waals surface area contributed by atoms with E-state index >= 15 is 0 Å². The smallest absolute Gasteiger partial charge is 0.159 e. The van der Waals surface area contributed by atoms with Crippen LogP contribution < -0.4 is 11.1 Å². The van der Waals surface area contributed by atoms with Crippen molar-refractivity contribution < 1.29 is 4.79 Å². The van der Waals surface area contributed by atoms with Gasteiger partial charge in [0, 0.05) is 11.3 Å². The first-order valence-electron chi connectivity index (χ1n) is 6.22. The van der Waals surface area contributed by atoms with Gasteiger partial charge < -0.3 is 11.1 Å². The molecule has 98 valence electrons. The van der Waals surface area contributed by atoms with Gasteiger partial charge in [0.2, 0.25) is 0 Å². The number of benzene rings is 2. The van der Waals surface area contributed by atoms with Gasteiger partial charge in [-0.15, -0.1) is 0 Å². The van der Waals surface area contributed by atoms with Gasteiger partial charge in [0.15, 0.2) is 5.78 Å². The molecule has 0 aliphatic carbocycles. The lowest BCUT2D eigenvalue weighted by Gasteiger charge is -2.15. The van der Waals surface area contributed by atoms with Crippen LogP contribution in [0.25, 0.3) is 0 Å². The molecule has 0 atom stereocenters. The molecule has 0 bridgehead atoms. The quantitative estimate of drug-likeness (QED) is 0.646. The molecule has 0 saturated heterocycles. The molecule has 0 aromatic heterocycles. The second kappa shape index (κ2) is 5.14. The number of para-hydroxylation sites is 1. The number of carbonyl (C=O) groups is 1. The highest BCUT2D eigenvalue weighted by molar-refractivity contribution is 5.97. The Hall–Kier alpha value is -2.29. The fraction of sp³-hybridized carbons (Fsp3) is 0.188. The number of aryl methyl sites for hydroxylation is 2. The Bertz CT molecular complexity index is 609. The number of ketones is 1. The van der Waals surface area contributed by atoms with Crippen LogP contribution in [0.4, 0.5) is 17.1 Å². The van der Waals surface area contributed by atoms with Crippen molar-refractivity contribution in [3.05, 3.63) is 53.1 Å². The molecule has 3 N–H and O–H groups in total. The van der Waals surface area contributed by atoms with Gasteiger partial charge in [-0.3, -0.25) is 4.79 Å². The Morgan fingerprint density at radius 1 is 1.11 bits per heavy atom. The number of nitrogens with two attached hydrogens (primary N) is 1. The van der Waals surface area contributed by atoms with E-state index in [1.807, 2.05) is 44.2 Å². The summed E-state index contributed by atoms with van der Waals surface area (Å²) in [7, 11) is 0. The summed E-state index contributed by atoms with van der Waals surface area (Å²) in [5.74, 6) is 0.0252. The van der Waals surface area contributed by atoms with E-state index in [2.05, 4.69) is 5.32 Å². The molecule has 0 spiro atoms. The first-order valence-corrected chi connectivity index (χ1v) is 6.22. The molecule has 0 radical (unpaired) electrons. The minimum Gasteiger partial charge on any atom is -0.397 e. The summed E-state index contributed by atoms with van der Waals surface area (Å²) in [5, 5.41) is 3.34. The lowest BCUT2D eigenvalue weighted by Crippen LogP contribution is -2.03. The highest BCUT2D eigenvalue weighted by Crippen LogP contribution is 2.29. The first kappa shape index (κ1) is 13.1. The number of Topliss-reactive ketones (excluding diaryl/α,β-unsaturated/α-hetero) is 1. The minimum absolute atomic E-state index is 0.0252. The number of hydrogen-bond donors (Lipinski definition) is 2. The van der Waals surface area contributed by atoms with E-state index in [1.54, 1.807) is 13.0 Å². The van der Waals surface area contributed by atoms with Crippen molar-refractivity contribution in [3.63, 3.8) is 0 Å². The van der Waals surface area contributed by atoms with Crippen LogP contribution in [0.5, 0.6) is 0 Å². The van der Waals surface area contributed by atoms with Crippen LogP contribution in [-0.4, -0.2) is 5.78 Å². The number of anilines is 3. The van der Waals surface area contributed by atoms with Gasteiger partial charge in [-0.2, -0.15) is 0 Å². The van der Waals surface area contributed by atoms with Gasteiger partial charge in [-0.05, 0) is 50.1 Å². The molecule has 0 saturated carbocycles. The van der Waals surface area contributed by atoms with Gasteiger partial charge in [0.05, 0.1) is 11.4 Å². The van der Waals surface area contributed by atoms with Crippen molar-refractivity contribution in [2.24, 2.45) is 0 Å². The van der Waals surface area contributed by atoms with Gasteiger partial charge in [0.1, 0.15) is 0 Å². The Kier molecular flexibility index (Phi) is 3.56. The molecule has 0 heterocycles. The maximum atomic E-state index is 11.4. The topological polar surface area (TPSA) is 55.1 Å². The summed E-state index contributed by atoms with van der Waals surface area (Å²) in [5.41, 5.74) is 11.3. The van der Waals surface area contributed by atoms with Crippen LogP contribution in [0.1, 0.15) is 28.4 Å². The molecule has 2 aromatic carbocycles. The van der Waals surface area contributed by atoms with Crippen LogP contribution in [0, 0.1) is 13.8 Å². The van der Waals surface area contributed by atoms with Crippen LogP contribution >= 0.6 is 0 Å². The lowest BCUT2D eigenvalue weighted by atomic mass is 10.0. The van der Waals surface area contributed by atoms with E-state index in [0.29, 0.717) is 11.3 Å². The summed E-state index contributed by atoms with van der Waals surface area (Å²) in [6.07, 6.45) is 0. The zero-order chi connectivity index (χ0) is 14.0. The number of rotatable bonds is 3. The highest BCUT2D eigenvalue weighted by Gasteiger charge is 2.09. The molecule has 0 unspecified atom stereocenters. The van der Waals surface area contributed by atoms with Gasteiger partial charge in [0.25, 0.3) is 0 Å². The Labute approximate surface area is 113 Å². The SMILES string of the molecule is CC(=O)c1cc(C)c(Nc2ccccc2C)c(N)c1. The van der Waals surface area contributed by atoms with Crippen LogP contribution in [0.3, 0.4) is 0 Å². The zero-order valence-corrected chi connectivity index (χ0v) is 11.4. The van der Waals surface area contributed by atoms with Crippen LogP contribution in [-0.2, 0) is 0 Å². The summed E-state index contributed by atoms with van der Waals surface area (Å²) in [6, 6.07) is 11.6. The fourth-order valence-corrected chi connectivity index (χ4v) is 2.04. The minimum atomic E-state index is 0.0252. The van der Waals surface area contributed by atoms with Crippen molar-refractivity contribution in [1.29, 1.82) is 0 Å². The van der Waals surface area contributed by atoms with Crippen molar-refractivity contribution >= 4 is 22.8 Å². The van der Waals surface area contributed by atoms with Gasteiger partial charge in [-0.25, -0.2) is 0 Å². The van der Waals surface area contributed by atoms with Crippen LogP contribution in [0.15, 0.2) is 36.4 Å². The second-order valence-electron chi connectivity index (χ2n) is 4.75. The van der Waals surface area contributed by atoms with Gasteiger partial charge in [-0.1, -0.05) is 18.2 Å². The molecular weight excluding hydrogens is 236 g/mol. The number of nitrogen functional groups attached to an aromatic ring is 1. The zero-order valence-electron chi connectivity index (χ0n) is 11.4. The van der Waals surface area contributed by atoms with Crippen molar-refractivity contribution in [1.82, 2.24) is 0 Å². The second-order valence-corrected chi connectivity index (χ2v) is 4.75. The van der Waals surface area contributed by atoms with Crippen molar-refractivity contribution in [2.45, 2.75) is 20.8 Å². The molecule has 0 fully saturated rings. The summed E-state index contributed by atoms with van der Waals surface area (Å²) >= 11 is 0. The van der Waals surface area contributed by atoms with E-state index in [4.69, 9.17) is 5.73 Å². The molecular formula is C16H18N2O. The molecule has 2 rings (SSSR count). The summed E-state index contributed by atoms with van der Waals surface area (Å²) < 4.78 is 0. The van der Waals surface area contributed by atoms with E-state index in [9.17, 15) is 4.79 Å². The van der Waals surface area contributed by atoms with Crippen LogP contribution in [0.2, 0.25) is 0 Å². The Morgan fingerprint density at radius 2 is 1.79 bits per heavy atom. The third-order valence-corrected chi connectivity index (χ3v) is 3.18. The molecule has 3 heteroatoms. The van der Waals surface area contributed by atoms with E-state index < -0.39 is 0 Å². The van der Waals surface area contributed by atoms with Gasteiger partial charge >= 0.3 is 0 Å². The Balaban J connectivity index is 2.42. The fourth-order valence-electron chi connectivity index (χ4n) is 2.04. The monoisotopic (exact) mass is 254 g/mol. The van der Waals surface area contributed by atoms with Crippen molar-refractivity contribution in [2.75, 3.05) is 11.1 Å². The predicted octanol–water partition coefficient (Wildman–Crippen LogP) is 3.83. The summed E-state index contributed by atoms with van der Waals surface area (Å²) in [4.78, 5) is 11.4. The Morgan fingerprint density at radius 3 is 2.37 bits per heavy atom. The molecule has 0 aliphatic rings. The standard InChI is InChI=1S/C16H18N2O/c1-10-6-4-5-7-15(10)18-16-11(2)8-13(12(3)19)9-14(16)17/h4-9,18H,17H2,1-3H3. The molecule has 0 amide bonds. The average Bonchev–Trinajstić information content (AvgIpc) is 2.35. The first-order chi connectivity index (χ1) is 8.99.